The monoisotopic (exact) mass is 290 g/mol. The summed E-state index contributed by atoms with van der Waals surface area (Å²) in [7, 11) is 0. The summed E-state index contributed by atoms with van der Waals surface area (Å²) >= 11 is 0. The summed E-state index contributed by atoms with van der Waals surface area (Å²) in [5, 5.41) is 20.1. The molecule has 4 atom stereocenters. The summed E-state index contributed by atoms with van der Waals surface area (Å²) < 4.78 is 5.39. The molecule has 1 heterocycles. The van der Waals surface area contributed by atoms with E-state index < -0.39 is 18.0 Å². The fraction of sp³-hybridized carbons (Fsp3) is 0.588. The van der Waals surface area contributed by atoms with E-state index in [0.29, 0.717) is 25.6 Å². The number of aliphatic hydroxyl groups is 1. The van der Waals surface area contributed by atoms with E-state index in [4.69, 9.17) is 4.74 Å². The predicted octanol–water partition coefficient (Wildman–Crippen LogP) is 2.89. The molecule has 114 valence electrons. The number of rotatable bonds is 4. The number of carbonyl (C=O) groups is 1. The molecule has 0 saturated heterocycles. The van der Waals surface area contributed by atoms with Gasteiger partial charge in [-0.15, -0.1) is 0 Å². The van der Waals surface area contributed by atoms with Crippen molar-refractivity contribution in [3.05, 3.63) is 34.9 Å². The number of benzene rings is 1. The quantitative estimate of drug-likeness (QED) is 0.894. The van der Waals surface area contributed by atoms with Gasteiger partial charge in [-0.1, -0.05) is 31.5 Å². The second-order valence-corrected chi connectivity index (χ2v) is 6.32. The Balaban J connectivity index is 1.83. The number of hydrogen-bond acceptors (Lipinski definition) is 3. The lowest BCUT2D eigenvalue weighted by molar-refractivity contribution is -0.144. The Hall–Kier alpha value is -1.39. The molecule has 1 saturated carbocycles. The van der Waals surface area contributed by atoms with Crippen molar-refractivity contribution in [2.75, 3.05) is 0 Å². The third kappa shape index (κ3) is 2.70. The maximum atomic E-state index is 11.5. The van der Waals surface area contributed by atoms with Crippen LogP contribution in [-0.2, 0) is 22.7 Å². The highest BCUT2D eigenvalue weighted by atomic mass is 16.5. The second-order valence-electron chi connectivity index (χ2n) is 6.32. The van der Waals surface area contributed by atoms with Gasteiger partial charge in [0, 0.05) is 5.92 Å². The Kier molecular flexibility index (Phi) is 4.00. The molecule has 0 radical (unpaired) electrons. The minimum Gasteiger partial charge on any atom is -0.481 e. The van der Waals surface area contributed by atoms with Gasteiger partial charge in [0.1, 0.15) is 0 Å². The molecular formula is C17H22O4. The van der Waals surface area contributed by atoms with Gasteiger partial charge >= 0.3 is 5.97 Å². The first-order valence-electron chi connectivity index (χ1n) is 7.70. The van der Waals surface area contributed by atoms with Crippen molar-refractivity contribution in [2.45, 2.75) is 45.5 Å². The summed E-state index contributed by atoms with van der Waals surface area (Å²) in [6.07, 6.45) is 1.75. The van der Waals surface area contributed by atoms with Gasteiger partial charge in [-0.05, 0) is 35.4 Å². The van der Waals surface area contributed by atoms with Crippen LogP contribution in [0.1, 0.15) is 49.0 Å². The molecule has 1 fully saturated rings. The first kappa shape index (κ1) is 14.5. The van der Waals surface area contributed by atoms with Crippen molar-refractivity contribution >= 4 is 5.97 Å². The standard InChI is InChI=1S/C17H22O4/c1-2-10-5-14(15(6-10)17(19)20)16(18)11-3-4-12-8-21-9-13(12)7-11/h3-4,7,10,14-16,18H,2,5-6,8-9H2,1H3,(H,19,20). The summed E-state index contributed by atoms with van der Waals surface area (Å²) in [6, 6.07) is 5.88. The molecule has 2 aliphatic rings. The van der Waals surface area contributed by atoms with Crippen LogP contribution >= 0.6 is 0 Å². The summed E-state index contributed by atoms with van der Waals surface area (Å²) in [6.45, 7) is 3.30. The van der Waals surface area contributed by atoms with Crippen molar-refractivity contribution in [3.8, 4) is 0 Å². The Labute approximate surface area is 124 Å². The average Bonchev–Trinajstić information content (AvgIpc) is 3.11. The average molecular weight is 290 g/mol. The number of hydrogen-bond donors (Lipinski definition) is 2. The Bertz CT molecular complexity index is 540. The molecule has 4 heteroatoms. The summed E-state index contributed by atoms with van der Waals surface area (Å²) in [4.78, 5) is 11.5. The van der Waals surface area contributed by atoms with Gasteiger partial charge in [-0.25, -0.2) is 0 Å². The van der Waals surface area contributed by atoms with Crippen molar-refractivity contribution in [1.29, 1.82) is 0 Å². The lowest BCUT2D eigenvalue weighted by atomic mass is 9.86. The van der Waals surface area contributed by atoms with E-state index in [9.17, 15) is 15.0 Å². The van der Waals surface area contributed by atoms with Crippen molar-refractivity contribution in [3.63, 3.8) is 0 Å². The van der Waals surface area contributed by atoms with E-state index in [0.717, 1.165) is 24.0 Å². The van der Waals surface area contributed by atoms with E-state index in [2.05, 4.69) is 6.92 Å². The molecule has 1 aliphatic heterocycles. The Morgan fingerprint density at radius 3 is 2.81 bits per heavy atom. The largest absolute Gasteiger partial charge is 0.481 e. The van der Waals surface area contributed by atoms with Crippen LogP contribution in [0, 0.1) is 17.8 Å². The number of carboxylic acid groups (broad SMARTS) is 1. The molecule has 0 bridgehead atoms. The highest BCUT2D eigenvalue weighted by Crippen LogP contribution is 2.45. The van der Waals surface area contributed by atoms with Crippen LogP contribution < -0.4 is 0 Å². The van der Waals surface area contributed by atoms with Crippen LogP contribution in [0.2, 0.25) is 0 Å². The van der Waals surface area contributed by atoms with Gasteiger partial charge in [0.25, 0.3) is 0 Å². The van der Waals surface area contributed by atoms with Gasteiger partial charge in [-0.2, -0.15) is 0 Å². The Morgan fingerprint density at radius 2 is 2.10 bits per heavy atom. The number of aliphatic carboxylic acids is 1. The van der Waals surface area contributed by atoms with Crippen LogP contribution in [0.25, 0.3) is 0 Å². The molecule has 2 N–H and O–H groups in total. The zero-order valence-corrected chi connectivity index (χ0v) is 12.3. The van der Waals surface area contributed by atoms with Crippen LogP contribution in [-0.4, -0.2) is 16.2 Å². The fourth-order valence-electron chi connectivity index (χ4n) is 3.77. The molecule has 0 aromatic heterocycles. The molecule has 3 rings (SSSR count). The van der Waals surface area contributed by atoms with E-state index in [1.54, 1.807) is 0 Å². The lowest BCUT2D eigenvalue weighted by Gasteiger charge is -2.23. The van der Waals surface area contributed by atoms with Gasteiger partial charge in [0.15, 0.2) is 0 Å². The highest BCUT2D eigenvalue weighted by molar-refractivity contribution is 5.71. The number of carboxylic acids is 1. The summed E-state index contributed by atoms with van der Waals surface area (Å²) in [5.41, 5.74) is 3.11. The maximum absolute atomic E-state index is 11.5. The van der Waals surface area contributed by atoms with E-state index >= 15 is 0 Å². The Morgan fingerprint density at radius 1 is 1.33 bits per heavy atom. The number of fused-ring (bicyclic) bond motifs is 1. The molecule has 0 spiro atoms. The molecule has 21 heavy (non-hydrogen) atoms. The SMILES string of the molecule is CCC1CC(C(=O)O)C(C(O)c2ccc3c(c2)COC3)C1. The first-order chi connectivity index (χ1) is 10.1. The zero-order valence-electron chi connectivity index (χ0n) is 12.3. The zero-order chi connectivity index (χ0) is 15.0. The number of aliphatic hydroxyl groups excluding tert-OH is 1. The molecule has 1 aromatic carbocycles. The number of ether oxygens (including phenoxy) is 1. The second kappa shape index (κ2) is 5.78. The van der Waals surface area contributed by atoms with Crippen LogP contribution in [0.15, 0.2) is 18.2 Å². The minimum atomic E-state index is -0.778. The molecule has 1 aliphatic carbocycles. The normalized spacial score (nSPS) is 29.3. The fourth-order valence-corrected chi connectivity index (χ4v) is 3.77. The van der Waals surface area contributed by atoms with Crippen molar-refractivity contribution in [1.82, 2.24) is 0 Å². The van der Waals surface area contributed by atoms with Crippen LogP contribution in [0.4, 0.5) is 0 Å². The first-order valence-corrected chi connectivity index (χ1v) is 7.70. The van der Waals surface area contributed by atoms with Crippen LogP contribution in [0.3, 0.4) is 0 Å². The van der Waals surface area contributed by atoms with Crippen molar-refractivity contribution in [2.24, 2.45) is 17.8 Å². The molecule has 0 amide bonds. The van der Waals surface area contributed by atoms with Crippen molar-refractivity contribution < 1.29 is 19.7 Å². The predicted molar refractivity (Wildman–Crippen MR) is 77.5 cm³/mol. The highest BCUT2D eigenvalue weighted by Gasteiger charge is 2.42. The van der Waals surface area contributed by atoms with Gasteiger partial charge in [0.2, 0.25) is 0 Å². The summed E-state index contributed by atoms with van der Waals surface area (Å²) in [5.74, 6) is -0.995. The van der Waals surface area contributed by atoms with Crippen LogP contribution in [0.5, 0.6) is 0 Å². The maximum Gasteiger partial charge on any atom is 0.306 e. The molecule has 4 unspecified atom stereocenters. The van der Waals surface area contributed by atoms with Gasteiger partial charge in [0.05, 0.1) is 25.2 Å². The molecule has 1 aromatic rings. The lowest BCUT2D eigenvalue weighted by Crippen LogP contribution is -2.24. The van der Waals surface area contributed by atoms with E-state index in [1.165, 1.54) is 5.56 Å². The smallest absolute Gasteiger partial charge is 0.306 e. The van der Waals surface area contributed by atoms with E-state index in [1.807, 2.05) is 18.2 Å². The third-order valence-corrected chi connectivity index (χ3v) is 5.10. The third-order valence-electron chi connectivity index (χ3n) is 5.10. The van der Waals surface area contributed by atoms with E-state index in [-0.39, 0.29) is 5.92 Å². The van der Waals surface area contributed by atoms with Gasteiger partial charge in [-0.3, -0.25) is 4.79 Å². The minimum absolute atomic E-state index is 0.187. The molecule has 4 nitrogen and oxygen atoms in total. The van der Waals surface area contributed by atoms with Gasteiger partial charge < -0.3 is 14.9 Å². The topological polar surface area (TPSA) is 66.8 Å². The molecular weight excluding hydrogens is 268 g/mol.